The molecule has 0 bridgehead atoms. The molecule has 1 aromatic rings. The van der Waals surface area contributed by atoms with Gasteiger partial charge in [0.15, 0.2) is 0 Å². The Morgan fingerprint density at radius 2 is 1.61 bits per heavy atom. The third-order valence-electron chi connectivity index (χ3n) is 4.32. The number of benzene rings is 1. The quantitative estimate of drug-likeness (QED) is 0.0985. The van der Waals surface area contributed by atoms with E-state index in [1.807, 2.05) is 0 Å². The van der Waals surface area contributed by atoms with E-state index in [1.165, 1.54) is 26.2 Å². The van der Waals surface area contributed by atoms with Gasteiger partial charge in [-0.3, -0.25) is 15.1 Å². The molecular weight excluding hydrogens is 494 g/mol. The monoisotopic (exact) mass is 529 g/mol. The summed E-state index contributed by atoms with van der Waals surface area (Å²) in [6, 6.07) is 5.07. The Labute approximate surface area is 216 Å². The Balaban J connectivity index is 2.36. The van der Waals surface area contributed by atoms with Crippen molar-refractivity contribution in [3.8, 4) is 5.75 Å². The SMILES string of the molecule is CN=C(/C=C/Nc1cc(Cl)ccc1OCCOCCOCCOCCOCCN)/C(=C(/C)N)[N+](=O)[O-]. The number of nitrogens with two attached hydrogens (primary N) is 2. The molecule has 13 heteroatoms. The predicted octanol–water partition coefficient (Wildman–Crippen LogP) is 2.21. The van der Waals surface area contributed by atoms with Crippen LogP contribution >= 0.6 is 11.6 Å². The van der Waals surface area contributed by atoms with Crippen molar-refractivity contribution in [1.82, 2.24) is 0 Å². The van der Waals surface area contributed by atoms with Crippen LogP contribution in [-0.4, -0.2) is 83.7 Å². The zero-order valence-corrected chi connectivity index (χ0v) is 21.5. The van der Waals surface area contributed by atoms with Crippen molar-refractivity contribution in [2.45, 2.75) is 6.92 Å². The van der Waals surface area contributed by atoms with Gasteiger partial charge in [0, 0.05) is 24.8 Å². The van der Waals surface area contributed by atoms with Gasteiger partial charge in [-0.1, -0.05) is 11.6 Å². The maximum absolute atomic E-state index is 11.2. The highest BCUT2D eigenvalue weighted by Crippen LogP contribution is 2.28. The van der Waals surface area contributed by atoms with Crippen LogP contribution in [0.1, 0.15) is 6.92 Å². The van der Waals surface area contributed by atoms with E-state index < -0.39 is 4.92 Å². The lowest BCUT2D eigenvalue weighted by Crippen LogP contribution is -2.15. The molecule has 5 N–H and O–H groups in total. The van der Waals surface area contributed by atoms with E-state index >= 15 is 0 Å². The highest BCUT2D eigenvalue weighted by atomic mass is 35.5. The minimum Gasteiger partial charge on any atom is -0.489 e. The molecule has 0 radical (unpaired) electrons. The smallest absolute Gasteiger partial charge is 0.312 e. The second-order valence-electron chi connectivity index (χ2n) is 7.10. The summed E-state index contributed by atoms with van der Waals surface area (Å²) in [6.45, 7) is 5.97. The molecule has 0 saturated heterocycles. The Morgan fingerprint density at radius 3 is 2.11 bits per heavy atom. The Hall–Kier alpha value is -2.74. The van der Waals surface area contributed by atoms with Crippen molar-refractivity contribution in [2.24, 2.45) is 16.5 Å². The van der Waals surface area contributed by atoms with E-state index in [9.17, 15) is 10.1 Å². The van der Waals surface area contributed by atoms with Crippen molar-refractivity contribution in [1.29, 1.82) is 0 Å². The van der Waals surface area contributed by atoms with E-state index in [2.05, 4.69) is 10.3 Å². The number of nitro groups is 1. The van der Waals surface area contributed by atoms with Crippen LogP contribution < -0.4 is 21.5 Å². The maximum atomic E-state index is 11.2. The van der Waals surface area contributed by atoms with Crippen molar-refractivity contribution < 1.29 is 28.6 Å². The number of allylic oxidation sites excluding steroid dienone is 2. The molecule has 1 aromatic carbocycles. The summed E-state index contributed by atoms with van der Waals surface area (Å²) in [4.78, 5) is 14.6. The summed E-state index contributed by atoms with van der Waals surface area (Å²) in [6.07, 6.45) is 2.95. The van der Waals surface area contributed by atoms with E-state index in [-0.39, 0.29) is 17.1 Å². The zero-order chi connectivity index (χ0) is 26.6. The standard InChI is InChI=1S/C23H36ClN5O7/c1-18(26)23(29(30)31)20(27-2)5-7-28-21-17-19(24)3-4-22(21)36-16-15-35-14-13-34-12-11-33-10-9-32-8-6-25/h3-5,7,17,28H,6,8-16,25-26H2,1-2H3/b7-5+,23-18+,27-20?. The maximum Gasteiger partial charge on any atom is 0.312 e. The normalized spacial score (nSPS) is 12.6. The van der Waals surface area contributed by atoms with Crippen LogP contribution in [-0.2, 0) is 18.9 Å². The van der Waals surface area contributed by atoms with Crippen molar-refractivity contribution in [3.05, 3.63) is 57.0 Å². The predicted molar refractivity (Wildman–Crippen MR) is 139 cm³/mol. The molecule has 36 heavy (non-hydrogen) atoms. The zero-order valence-electron chi connectivity index (χ0n) is 20.7. The topological polar surface area (TPSA) is 166 Å². The summed E-state index contributed by atoms with van der Waals surface area (Å²) in [7, 11) is 1.44. The Morgan fingerprint density at radius 1 is 1.06 bits per heavy atom. The van der Waals surface area contributed by atoms with Gasteiger partial charge in [-0.25, -0.2) is 0 Å². The molecule has 1 rings (SSSR count). The summed E-state index contributed by atoms with van der Waals surface area (Å²) in [5.74, 6) is 0.534. The summed E-state index contributed by atoms with van der Waals surface area (Å²) in [5.41, 5.74) is 11.4. The third kappa shape index (κ3) is 13.4. The highest BCUT2D eigenvalue weighted by molar-refractivity contribution is 6.30. The van der Waals surface area contributed by atoms with Gasteiger partial charge in [-0.2, -0.15) is 0 Å². The van der Waals surface area contributed by atoms with Crippen LogP contribution in [0.4, 0.5) is 5.69 Å². The molecule has 0 saturated carbocycles. The first-order valence-electron chi connectivity index (χ1n) is 11.3. The molecule has 12 nitrogen and oxygen atoms in total. The van der Waals surface area contributed by atoms with Gasteiger partial charge < -0.3 is 40.5 Å². The number of nitrogens with one attached hydrogen (secondary N) is 1. The summed E-state index contributed by atoms with van der Waals surface area (Å²) >= 11 is 6.10. The van der Waals surface area contributed by atoms with Crippen molar-refractivity contribution in [2.75, 3.05) is 78.4 Å². The number of aliphatic imine (C=N–C) groups is 1. The van der Waals surface area contributed by atoms with Crippen LogP contribution in [0.2, 0.25) is 5.02 Å². The molecule has 0 aliphatic carbocycles. The van der Waals surface area contributed by atoms with E-state index in [4.69, 9.17) is 46.8 Å². The number of rotatable bonds is 20. The van der Waals surface area contributed by atoms with E-state index in [0.717, 1.165) is 0 Å². The molecule has 202 valence electrons. The van der Waals surface area contributed by atoms with Crippen LogP contribution in [0, 0.1) is 10.1 Å². The largest absolute Gasteiger partial charge is 0.489 e. The number of hydrogen-bond acceptors (Lipinski definition) is 11. The lowest BCUT2D eigenvalue weighted by molar-refractivity contribution is -0.416. The summed E-state index contributed by atoms with van der Waals surface area (Å²) in [5, 5.41) is 14.7. The molecule has 0 unspecified atom stereocenters. The Kier molecular flexibility index (Phi) is 16.9. The first kappa shape index (κ1) is 31.3. The fourth-order valence-electron chi connectivity index (χ4n) is 2.71. The van der Waals surface area contributed by atoms with E-state index in [0.29, 0.717) is 82.5 Å². The van der Waals surface area contributed by atoms with Gasteiger partial charge in [0.25, 0.3) is 0 Å². The van der Waals surface area contributed by atoms with Crippen LogP contribution in [0.3, 0.4) is 0 Å². The summed E-state index contributed by atoms with van der Waals surface area (Å²) < 4.78 is 27.3. The number of nitrogens with zero attached hydrogens (tertiary/aromatic N) is 2. The number of anilines is 1. The van der Waals surface area contributed by atoms with Crippen LogP contribution in [0.25, 0.3) is 0 Å². The Bertz CT molecular complexity index is 876. The molecule has 0 amide bonds. The molecular formula is C23H36ClN5O7. The lowest BCUT2D eigenvalue weighted by atomic mass is 10.2. The van der Waals surface area contributed by atoms with Gasteiger partial charge in [-0.15, -0.1) is 0 Å². The molecule has 0 heterocycles. The average molecular weight is 530 g/mol. The number of halogens is 1. The molecule has 0 spiro atoms. The van der Waals surface area contributed by atoms with Crippen molar-refractivity contribution in [3.63, 3.8) is 0 Å². The van der Waals surface area contributed by atoms with Gasteiger partial charge >= 0.3 is 5.70 Å². The van der Waals surface area contributed by atoms with Gasteiger partial charge in [-0.05, 0) is 31.2 Å². The molecule has 0 aliphatic rings. The molecule has 0 fully saturated rings. The minimum absolute atomic E-state index is 0.0555. The first-order chi connectivity index (χ1) is 17.4. The fourth-order valence-corrected chi connectivity index (χ4v) is 2.88. The van der Waals surface area contributed by atoms with Gasteiger partial charge in [0.05, 0.1) is 69.2 Å². The van der Waals surface area contributed by atoms with Crippen LogP contribution in [0.5, 0.6) is 5.75 Å². The van der Waals surface area contributed by atoms with Crippen LogP contribution in [0.15, 0.2) is 46.9 Å². The minimum atomic E-state index is -0.573. The average Bonchev–Trinajstić information content (AvgIpc) is 2.84. The molecule has 0 aromatic heterocycles. The lowest BCUT2D eigenvalue weighted by Gasteiger charge is -2.12. The molecule has 0 aliphatic heterocycles. The highest BCUT2D eigenvalue weighted by Gasteiger charge is 2.19. The second kappa shape index (κ2) is 19.4. The number of hydrogen-bond donors (Lipinski definition) is 3. The first-order valence-corrected chi connectivity index (χ1v) is 11.7. The second-order valence-corrected chi connectivity index (χ2v) is 7.54. The van der Waals surface area contributed by atoms with Gasteiger partial charge in [0.1, 0.15) is 18.1 Å². The molecule has 0 atom stereocenters. The van der Waals surface area contributed by atoms with E-state index in [1.54, 1.807) is 18.2 Å². The third-order valence-corrected chi connectivity index (χ3v) is 4.56. The van der Waals surface area contributed by atoms with Crippen molar-refractivity contribution >= 4 is 23.0 Å². The fraction of sp³-hybridized carbons (Fsp3) is 0.522. The van der Waals surface area contributed by atoms with Gasteiger partial charge in [0.2, 0.25) is 0 Å². The number of ether oxygens (including phenoxy) is 5.